The van der Waals surface area contributed by atoms with Crippen molar-refractivity contribution in [3.63, 3.8) is 0 Å². The van der Waals surface area contributed by atoms with Crippen molar-refractivity contribution in [1.82, 2.24) is 9.88 Å². The van der Waals surface area contributed by atoms with Gasteiger partial charge in [0.2, 0.25) is 5.91 Å². The molecule has 1 N–H and O–H groups in total. The summed E-state index contributed by atoms with van der Waals surface area (Å²) in [4.78, 5) is 12.6. The first-order valence-corrected chi connectivity index (χ1v) is 10.0. The van der Waals surface area contributed by atoms with Crippen LogP contribution in [0.25, 0.3) is 10.9 Å². The number of rotatable bonds is 8. The number of carbonyl (C=O) groups is 1. The Morgan fingerprint density at radius 1 is 1.07 bits per heavy atom. The van der Waals surface area contributed by atoms with E-state index in [0.29, 0.717) is 6.42 Å². The molecule has 0 aliphatic heterocycles. The third-order valence-electron chi connectivity index (χ3n) is 5.26. The van der Waals surface area contributed by atoms with Crippen LogP contribution in [-0.4, -0.2) is 17.0 Å². The van der Waals surface area contributed by atoms with E-state index in [1.807, 2.05) is 0 Å². The van der Waals surface area contributed by atoms with E-state index in [0.717, 1.165) is 25.9 Å². The summed E-state index contributed by atoms with van der Waals surface area (Å²) in [7, 11) is 0. The number of fused-ring (bicyclic) bond motifs is 1. The highest BCUT2D eigenvalue weighted by Gasteiger charge is 2.22. The van der Waals surface area contributed by atoms with Crippen LogP contribution in [0.5, 0.6) is 0 Å². The maximum atomic E-state index is 12.6. The second-order valence-corrected chi connectivity index (χ2v) is 7.26. The smallest absolute Gasteiger partial charge is 0.220 e. The third-order valence-corrected chi connectivity index (χ3v) is 5.26. The predicted octanol–water partition coefficient (Wildman–Crippen LogP) is 5.41. The normalized spacial score (nSPS) is 12.3. The molecule has 2 aromatic carbocycles. The first-order valence-electron chi connectivity index (χ1n) is 10.0. The van der Waals surface area contributed by atoms with E-state index >= 15 is 0 Å². The number of aromatic nitrogens is 1. The van der Waals surface area contributed by atoms with Crippen molar-refractivity contribution >= 4 is 16.8 Å². The molecule has 0 saturated carbocycles. The van der Waals surface area contributed by atoms with Crippen molar-refractivity contribution in [1.29, 1.82) is 0 Å². The molecule has 0 aliphatic carbocycles. The van der Waals surface area contributed by atoms with Crippen molar-refractivity contribution in [3.8, 4) is 0 Å². The van der Waals surface area contributed by atoms with Gasteiger partial charge in [-0.05, 0) is 37.5 Å². The Morgan fingerprint density at radius 2 is 1.81 bits per heavy atom. The summed E-state index contributed by atoms with van der Waals surface area (Å²) in [5.74, 6) is 0.187. The molecule has 3 heteroatoms. The average Bonchev–Trinajstić information content (AvgIpc) is 3.06. The molecule has 0 spiro atoms. The van der Waals surface area contributed by atoms with Crippen LogP contribution in [-0.2, 0) is 11.3 Å². The summed E-state index contributed by atoms with van der Waals surface area (Å²) in [5, 5.41) is 4.33. The summed E-state index contributed by atoms with van der Waals surface area (Å²) in [5.41, 5.74) is 4.91. The van der Waals surface area contributed by atoms with Gasteiger partial charge in [-0.2, -0.15) is 0 Å². The van der Waals surface area contributed by atoms with Gasteiger partial charge in [0.05, 0.1) is 0 Å². The minimum atomic E-state index is 0.0601. The monoisotopic (exact) mass is 362 g/mol. The van der Waals surface area contributed by atoms with Crippen molar-refractivity contribution in [2.75, 3.05) is 6.54 Å². The van der Waals surface area contributed by atoms with Crippen LogP contribution >= 0.6 is 0 Å². The molecule has 0 saturated heterocycles. The molecule has 1 aromatic heterocycles. The average molecular weight is 363 g/mol. The summed E-state index contributed by atoms with van der Waals surface area (Å²) in [6.45, 7) is 8.07. The Balaban J connectivity index is 1.99. The summed E-state index contributed by atoms with van der Waals surface area (Å²) in [6.07, 6.45) is 4.82. The molecule has 0 unspecified atom stereocenters. The molecule has 0 aliphatic rings. The highest BCUT2D eigenvalue weighted by Crippen LogP contribution is 2.35. The summed E-state index contributed by atoms with van der Waals surface area (Å²) < 4.78 is 2.28. The fraction of sp³-hybridized carbons (Fsp3) is 0.375. The molecule has 1 amide bonds. The molecule has 142 valence electrons. The highest BCUT2D eigenvalue weighted by molar-refractivity contribution is 5.86. The van der Waals surface area contributed by atoms with Gasteiger partial charge in [-0.1, -0.05) is 61.4 Å². The van der Waals surface area contributed by atoms with E-state index in [9.17, 15) is 4.79 Å². The van der Waals surface area contributed by atoms with Gasteiger partial charge in [0, 0.05) is 42.5 Å². The lowest BCUT2D eigenvalue weighted by Gasteiger charge is -2.17. The van der Waals surface area contributed by atoms with Crippen molar-refractivity contribution in [3.05, 3.63) is 71.4 Å². The molecule has 0 bridgehead atoms. The zero-order valence-electron chi connectivity index (χ0n) is 16.7. The number of hydrogen-bond acceptors (Lipinski definition) is 1. The standard InChI is InChI=1S/C24H30N2O/c1-4-6-15-25-24(27)16-21(19-13-11-18(3)12-14-19)22-17-26(5-2)23-10-8-7-9-20(22)23/h7-14,17,21H,4-6,15-16H2,1-3H3,(H,25,27)/t21-/m1/s1. The van der Waals surface area contributed by atoms with E-state index in [4.69, 9.17) is 0 Å². The van der Waals surface area contributed by atoms with E-state index in [1.165, 1.54) is 27.6 Å². The van der Waals surface area contributed by atoms with Gasteiger partial charge in [0.25, 0.3) is 0 Å². The van der Waals surface area contributed by atoms with Crippen LogP contribution < -0.4 is 5.32 Å². The Hall–Kier alpha value is -2.55. The number of unbranched alkanes of at least 4 members (excludes halogenated alkanes) is 1. The molecule has 0 radical (unpaired) electrons. The number of hydrogen-bond donors (Lipinski definition) is 1. The van der Waals surface area contributed by atoms with Crippen LogP contribution in [0.2, 0.25) is 0 Å². The van der Waals surface area contributed by atoms with Crippen LogP contribution in [0.1, 0.15) is 55.7 Å². The predicted molar refractivity (Wildman–Crippen MR) is 113 cm³/mol. The maximum Gasteiger partial charge on any atom is 0.220 e. The molecular formula is C24H30N2O. The molecular weight excluding hydrogens is 332 g/mol. The molecule has 0 fully saturated rings. The summed E-state index contributed by atoms with van der Waals surface area (Å²) in [6, 6.07) is 17.1. The van der Waals surface area contributed by atoms with Gasteiger partial charge in [-0.15, -0.1) is 0 Å². The number of carbonyl (C=O) groups excluding carboxylic acids is 1. The van der Waals surface area contributed by atoms with Gasteiger partial charge >= 0.3 is 0 Å². The largest absolute Gasteiger partial charge is 0.356 e. The first kappa shape index (κ1) is 19.2. The van der Waals surface area contributed by atoms with Crippen LogP contribution in [0.15, 0.2) is 54.7 Å². The quantitative estimate of drug-likeness (QED) is 0.534. The van der Waals surface area contributed by atoms with Gasteiger partial charge in [-0.25, -0.2) is 0 Å². The topological polar surface area (TPSA) is 34.0 Å². The Labute approximate surface area is 162 Å². The zero-order valence-corrected chi connectivity index (χ0v) is 16.7. The third kappa shape index (κ3) is 4.41. The fourth-order valence-electron chi connectivity index (χ4n) is 3.68. The minimum Gasteiger partial charge on any atom is -0.356 e. The number of amides is 1. The van der Waals surface area contributed by atoms with E-state index < -0.39 is 0 Å². The van der Waals surface area contributed by atoms with E-state index in [-0.39, 0.29) is 11.8 Å². The second kappa shape index (κ2) is 8.90. The highest BCUT2D eigenvalue weighted by atomic mass is 16.1. The van der Waals surface area contributed by atoms with Crippen molar-refractivity contribution in [2.45, 2.75) is 52.5 Å². The molecule has 27 heavy (non-hydrogen) atoms. The molecule has 3 rings (SSSR count). The SMILES string of the molecule is CCCCNC(=O)C[C@H](c1ccc(C)cc1)c1cn(CC)c2ccccc12. The summed E-state index contributed by atoms with van der Waals surface area (Å²) >= 11 is 0. The second-order valence-electron chi connectivity index (χ2n) is 7.26. The Bertz CT molecular complexity index is 892. The fourth-order valence-corrected chi connectivity index (χ4v) is 3.68. The van der Waals surface area contributed by atoms with E-state index in [1.54, 1.807) is 0 Å². The Morgan fingerprint density at radius 3 is 2.52 bits per heavy atom. The van der Waals surface area contributed by atoms with Crippen LogP contribution in [0, 0.1) is 6.92 Å². The number of aryl methyl sites for hydroxylation is 2. The van der Waals surface area contributed by atoms with Gasteiger partial charge in [0.15, 0.2) is 0 Å². The van der Waals surface area contributed by atoms with Gasteiger partial charge in [0.1, 0.15) is 0 Å². The van der Waals surface area contributed by atoms with Crippen molar-refractivity contribution in [2.24, 2.45) is 0 Å². The Kier molecular flexibility index (Phi) is 6.33. The number of nitrogens with one attached hydrogen (secondary N) is 1. The van der Waals surface area contributed by atoms with Crippen LogP contribution in [0.3, 0.4) is 0 Å². The lowest BCUT2D eigenvalue weighted by Crippen LogP contribution is -2.26. The number of para-hydroxylation sites is 1. The molecule has 1 atom stereocenters. The minimum absolute atomic E-state index is 0.0601. The molecule has 1 heterocycles. The lowest BCUT2D eigenvalue weighted by atomic mass is 9.87. The first-order chi connectivity index (χ1) is 13.1. The van der Waals surface area contributed by atoms with Crippen molar-refractivity contribution < 1.29 is 4.79 Å². The molecule has 3 aromatic rings. The van der Waals surface area contributed by atoms with Crippen LogP contribution in [0.4, 0.5) is 0 Å². The zero-order chi connectivity index (χ0) is 19.2. The van der Waals surface area contributed by atoms with E-state index in [2.05, 4.69) is 85.4 Å². The van der Waals surface area contributed by atoms with Gasteiger partial charge < -0.3 is 9.88 Å². The lowest BCUT2D eigenvalue weighted by molar-refractivity contribution is -0.121. The number of benzene rings is 2. The molecule has 3 nitrogen and oxygen atoms in total. The van der Waals surface area contributed by atoms with Gasteiger partial charge in [-0.3, -0.25) is 4.79 Å². The maximum absolute atomic E-state index is 12.6. The number of nitrogens with zero attached hydrogens (tertiary/aromatic N) is 1.